The zero-order valence-corrected chi connectivity index (χ0v) is 15.0. The van der Waals surface area contributed by atoms with E-state index in [1.807, 2.05) is 19.1 Å². The lowest BCUT2D eigenvalue weighted by Crippen LogP contribution is -2.59. The van der Waals surface area contributed by atoms with E-state index < -0.39 is 43.3 Å². The number of carbonyl (C=O) groups is 1. The van der Waals surface area contributed by atoms with Crippen LogP contribution in [0.25, 0.3) is 0 Å². The third-order valence-corrected chi connectivity index (χ3v) is 5.31. The zero-order chi connectivity index (χ0) is 19.3. The van der Waals surface area contributed by atoms with E-state index in [2.05, 4.69) is 0 Å². The quantitative estimate of drug-likeness (QED) is 0.375. The van der Waals surface area contributed by atoms with Gasteiger partial charge in [0.15, 0.2) is 6.29 Å². The summed E-state index contributed by atoms with van der Waals surface area (Å²) in [6, 6.07) is 0. The van der Waals surface area contributed by atoms with Crippen LogP contribution in [0.5, 0.6) is 0 Å². The van der Waals surface area contributed by atoms with Crippen molar-refractivity contribution >= 4 is 5.97 Å². The second-order valence-electron chi connectivity index (χ2n) is 7.09. The van der Waals surface area contributed by atoms with Gasteiger partial charge in [0.05, 0.1) is 12.7 Å². The SMILES string of the molecule is CC/C=C\CC1C(CC(=O)O)CCC1OC1OC(CO)C(O)C(O)C1O. The summed E-state index contributed by atoms with van der Waals surface area (Å²) in [5.41, 5.74) is 0. The van der Waals surface area contributed by atoms with Gasteiger partial charge in [0.2, 0.25) is 0 Å². The molecule has 0 spiro atoms. The van der Waals surface area contributed by atoms with Crippen LogP contribution >= 0.6 is 0 Å². The van der Waals surface area contributed by atoms with Crippen molar-refractivity contribution in [1.82, 2.24) is 0 Å². The smallest absolute Gasteiger partial charge is 0.303 e. The van der Waals surface area contributed by atoms with E-state index in [4.69, 9.17) is 14.6 Å². The highest BCUT2D eigenvalue weighted by Crippen LogP contribution is 2.40. The molecule has 0 aromatic rings. The van der Waals surface area contributed by atoms with Crippen LogP contribution in [0, 0.1) is 11.8 Å². The van der Waals surface area contributed by atoms with Crippen molar-refractivity contribution in [1.29, 1.82) is 0 Å². The Kier molecular flexibility index (Phi) is 8.00. The number of hydrogen-bond acceptors (Lipinski definition) is 7. The summed E-state index contributed by atoms with van der Waals surface area (Å²) in [7, 11) is 0. The average molecular weight is 374 g/mol. The number of carboxylic acids is 1. The first-order valence-electron chi connectivity index (χ1n) is 9.21. The lowest BCUT2D eigenvalue weighted by molar-refractivity contribution is -0.313. The van der Waals surface area contributed by atoms with Gasteiger partial charge in [0, 0.05) is 6.42 Å². The summed E-state index contributed by atoms with van der Waals surface area (Å²) in [4.78, 5) is 11.1. The molecule has 0 amide bonds. The van der Waals surface area contributed by atoms with Crippen molar-refractivity contribution in [2.45, 2.75) is 75.8 Å². The van der Waals surface area contributed by atoms with Crippen LogP contribution < -0.4 is 0 Å². The van der Waals surface area contributed by atoms with Gasteiger partial charge in [0.1, 0.15) is 24.4 Å². The molecule has 2 rings (SSSR count). The number of rotatable bonds is 8. The number of aliphatic hydroxyl groups excluding tert-OH is 4. The van der Waals surface area contributed by atoms with Crippen molar-refractivity contribution in [3.8, 4) is 0 Å². The number of hydrogen-bond donors (Lipinski definition) is 5. The Morgan fingerprint density at radius 2 is 1.88 bits per heavy atom. The fourth-order valence-electron chi connectivity index (χ4n) is 3.87. The highest BCUT2D eigenvalue weighted by atomic mass is 16.7. The number of carboxylic acid groups (broad SMARTS) is 1. The van der Waals surface area contributed by atoms with E-state index in [-0.39, 0.29) is 24.4 Å². The van der Waals surface area contributed by atoms with Crippen molar-refractivity contribution < 1.29 is 39.8 Å². The average Bonchev–Trinajstić information content (AvgIpc) is 2.96. The summed E-state index contributed by atoms with van der Waals surface area (Å²) in [6.45, 7) is 1.50. The molecule has 150 valence electrons. The molecule has 1 aliphatic carbocycles. The molecule has 8 atom stereocenters. The number of allylic oxidation sites excluding steroid dienone is 2. The van der Waals surface area contributed by atoms with Gasteiger partial charge in [-0.3, -0.25) is 4.79 Å². The molecule has 1 saturated heterocycles. The van der Waals surface area contributed by atoms with Crippen LogP contribution in [-0.4, -0.2) is 74.9 Å². The van der Waals surface area contributed by atoms with Gasteiger partial charge in [-0.15, -0.1) is 0 Å². The molecule has 8 unspecified atom stereocenters. The molecule has 8 heteroatoms. The van der Waals surface area contributed by atoms with Gasteiger partial charge in [-0.05, 0) is 37.5 Å². The van der Waals surface area contributed by atoms with E-state index in [1.54, 1.807) is 0 Å². The molecule has 2 aliphatic rings. The highest BCUT2D eigenvalue weighted by molar-refractivity contribution is 5.67. The summed E-state index contributed by atoms with van der Waals surface area (Å²) >= 11 is 0. The predicted octanol–water partition coefficient (Wildman–Crippen LogP) is 0.0287. The first-order chi connectivity index (χ1) is 12.4. The number of aliphatic carboxylic acids is 1. The van der Waals surface area contributed by atoms with Crippen molar-refractivity contribution in [3.05, 3.63) is 12.2 Å². The summed E-state index contributed by atoms with van der Waals surface area (Å²) in [5, 5.41) is 48.3. The van der Waals surface area contributed by atoms with Gasteiger partial charge in [-0.1, -0.05) is 19.1 Å². The maximum Gasteiger partial charge on any atom is 0.303 e. The molecule has 0 radical (unpaired) electrons. The van der Waals surface area contributed by atoms with Crippen LogP contribution in [0.4, 0.5) is 0 Å². The molecular formula is C18H30O8. The van der Waals surface area contributed by atoms with Crippen molar-refractivity contribution in [2.75, 3.05) is 6.61 Å². The van der Waals surface area contributed by atoms with Gasteiger partial charge in [-0.2, -0.15) is 0 Å². The molecule has 5 N–H and O–H groups in total. The van der Waals surface area contributed by atoms with E-state index in [1.165, 1.54) is 0 Å². The Hall–Kier alpha value is -1.03. The lowest BCUT2D eigenvalue weighted by Gasteiger charge is -2.41. The second-order valence-corrected chi connectivity index (χ2v) is 7.09. The third-order valence-electron chi connectivity index (χ3n) is 5.31. The molecule has 1 saturated carbocycles. The Balaban J connectivity index is 2.07. The Morgan fingerprint density at radius 3 is 2.50 bits per heavy atom. The fourth-order valence-corrected chi connectivity index (χ4v) is 3.87. The Labute approximate surface area is 153 Å². The Bertz CT molecular complexity index is 480. The van der Waals surface area contributed by atoms with E-state index in [0.29, 0.717) is 19.3 Å². The van der Waals surface area contributed by atoms with Gasteiger partial charge in [0.25, 0.3) is 0 Å². The van der Waals surface area contributed by atoms with Gasteiger partial charge in [-0.25, -0.2) is 0 Å². The molecular weight excluding hydrogens is 344 g/mol. The van der Waals surface area contributed by atoms with Crippen molar-refractivity contribution in [3.63, 3.8) is 0 Å². The van der Waals surface area contributed by atoms with Crippen LogP contribution in [0.2, 0.25) is 0 Å². The van der Waals surface area contributed by atoms with Gasteiger partial charge >= 0.3 is 5.97 Å². The van der Waals surface area contributed by atoms with E-state index in [9.17, 15) is 25.2 Å². The first kappa shape index (κ1) is 21.3. The highest BCUT2D eigenvalue weighted by Gasteiger charge is 2.47. The van der Waals surface area contributed by atoms with Crippen LogP contribution in [-0.2, 0) is 14.3 Å². The van der Waals surface area contributed by atoms with Gasteiger partial charge < -0.3 is 35.0 Å². The summed E-state index contributed by atoms with van der Waals surface area (Å²) < 4.78 is 11.3. The number of ether oxygens (including phenoxy) is 2. The molecule has 0 bridgehead atoms. The fraction of sp³-hybridized carbons (Fsp3) is 0.833. The topological polar surface area (TPSA) is 137 Å². The molecule has 1 heterocycles. The lowest BCUT2D eigenvalue weighted by atomic mass is 9.88. The monoisotopic (exact) mass is 374 g/mol. The zero-order valence-electron chi connectivity index (χ0n) is 15.0. The standard InChI is InChI=1S/C18H30O8/c1-2-3-4-5-11-10(8-14(20)21)6-7-12(11)25-18-17(24)16(23)15(22)13(9-19)26-18/h3-4,10-13,15-19,22-24H,2,5-9H2,1H3,(H,20,21)/b4-3-. The first-order valence-corrected chi connectivity index (χ1v) is 9.21. The van der Waals surface area contributed by atoms with E-state index >= 15 is 0 Å². The minimum atomic E-state index is -1.49. The number of aliphatic hydroxyl groups is 4. The largest absolute Gasteiger partial charge is 0.481 e. The maximum atomic E-state index is 11.1. The Morgan fingerprint density at radius 1 is 1.15 bits per heavy atom. The minimum absolute atomic E-state index is 0.0381. The van der Waals surface area contributed by atoms with Crippen LogP contribution in [0.3, 0.4) is 0 Å². The van der Waals surface area contributed by atoms with E-state index in [0.717, 1.165) is 6.42 Å². The summed E-state index contributed by atoms with van der Waals surface area (Å²) in [5.74, 6) is -0.932. The second kappa shape index (κ2) is 9.77. The molecule has 0 aromatic heterocycles. The van der Waals surface area contributed by atoms with Crippen LogP contribution in [0.15, 0.2) is 12.2 Å². The molecule has 26 heavy (non-hydrogen) atoms. The minimum Gasteiger partial charge on any atom is -0.481 e. The van der Waals surface area contributed by atoms with Crippen LogP contribution in [0.1, 0.15) is 39.0 Å². The predicted molar refractivity (Wildman–Crippen MR) is 91.2 cm³/mol. The molecule has 8 nitrogen and oxygen atoms in total. The summed E-state index contributed by atoms with van der Waals surface area (Å²) in [6.07, 6.45) is 0.0423. The molecule has 2 fully saturated rings. The molecule has 1 aliphatic heterocycles. The normalized spacial score (nSPS) is 41.0. The molecule has 0 aromatic carbocycles. The van der Waals surface area contributed by atoms with Crippen molar-refractivity contribution in [2.24, 2.45) is 11.8 Å². The maximum absolute atomic E-state index is 11.1. The third kappa shape index (κ3) is 5.03.